The van der Waals surface area contributed by atoms with Gasteiger partial charge in [-0.1, -0.05) is 12.1 Å². The van der Waals surface area contributed by atoms with E-state index in [1.165, 1.54) is 10.4 Å². The van der Waals surface area contributed by atoms with Crippen molar-refractivity contribution in [3.05, 3.63) is 40.6 Å². The minimum absolute atomic E-state index is 0.959. The molecule has 2 aromatic heterocycles. The summed E-state index contributed by atoms with van der Waals surface area (Å²) in [6, 6.07) is 10.2. The van der Waals surface area contributed by atoms with Crippen LogP contribution in [0.25, 0.3) is 22.4 Å². The quantitative estimate of drug-likeness (QED) is 0.658. The highest BCUT2D eigenvalue weighted by Crippen LogP contribution is 2.24. The van der Waals surface area contributed by atoms with Gasteiger partial charge in [0.1, 0.15) is 5.82 Å². The van der Waals surface area contributed by atoms with E-state index in [0.29, 0.717) is 0 Å². The van der Waals surface area contributed by atoms with Crippen LogP contribution in [0.4, 0.5) is 0 Å². The van der Waals surface area contributed by atoms with Crippen molar-refractivity contribution < 1.29 is 0 Å². The molecule has 2 heterocycles. The summed E-state index contributed by atoms with van der Waals surface area (Å²) in [5.41, 5.74) is 3.29. The van der Waals surface area contributed by atoms with Gasteiger partial charge in [-0.15, -0.1) is 11.3 Å². The van der Waals surface area contributed by atoms with Crippen LogP contribution in [0.1, 0.15) is 4.88 Å². The number of aromatic amines is 1. The summed E-state index contributed by atoms with van der Waals surface area (Å²) in [5, 5.41) is 2.13. The number of para-hydroxylation sites is 2. The molecule has 0 unspecified atom stereocenters. The molecule has 3 aromatic rings. The van der Waals surface area contributed by atoms with Crippen LogP contribution in [0.15, 0.2) is 35.7 Å². The average molecular weight is 214 g/mol. The molecule has 0 fully saturated rings. The van der Waals surface area contributed by atoms with Crippen molar-refractivity contribution in [2.24, 2.45) is 0 Å². The minimum Gasteiger partial charge on any atom is -0.338 e. The molecule has 0 aliphatic rings. The lowest BCUT2D eigenvalue weighted by atomic mass is 10.3. The predicted molar refractivity (Wildman–Crippen MR) is 64.1 cm³/mol. The molecule has 0 radical (unpaired) electrons. The van der Waals surface area contributed by atoms with Gasteiger partial charge in [-0.3, -0.25) is 0 Å². The molecule has 0 aliphatic heterocycles. The number of aromatic nitrogens is 2. The van der Waals surface area contributed by atoms with Gasteiger partial charge in [-0.2, -0.15) is 0 Å². The minimum atomic E-state index is 0.959. The number of fused-ring (bicyclic) bond motifs is 1. The molecule has 3 rings (SSSR count). The molecule has 1 aromatic carbocycles. The van der Waals surface area contributed by atoms with E-state index in [9.17, 15) is 0 Å². The van der Waals surface area contributed by atoms with E-state index < -0.39 is 0 Å². The molecule has 0 atom stereocenters. The number of hydrogen-bond acceptors (Lipinski definition) is 2. The van der Waals surface area contributed by atoms with Gasteiger partial charge in [0.25, 0.3) is 0 Å². The van der Waals surface area contributed by atoms with Gasteiger partial charge in [0, 0.05) is 15.8 Å². The molecule has 1 N–H and O–H groups in total. The highest BCUT2D eigenvalue weighted by Gasteiger charge is 2.05. The number of H-pyrrole nitrogens is 1. The molecule has 74 valence electrons. The Balaban J connectivity index is 2.19. The smallest absolute Gasteiger partial charge is 0.139 e. The fraction of sp³-hybridized carbons (Fsp3) is 0.0833. The van der Waals surface area contributed by atoms with Gasteiger partial charge in [-0.05, 0) is 25.1 Å². The first kappa shape index (κ1) is 8.68. The number of aryl methyl sites for hydroxylation is 1. The molecule has 0 saturated heterocycles. The van der Waals surface area contributed by atoms with Gasteiger partial charge in [-0.25, -0.2) is 4.98 Å². The summed E-state index contributed by atoms with van der Waals surface area (Å²) < 4.78 is 0. The summed E-state index contributed by atoms with van der Waals surface area (Å²) in [6.45, 7) is 2.11. The maximum absolute atomic E-state index is 4.55. The Labute approximate surface area is 91.6 Å². The van der Waals surface area contributed by atoms with E-state index in [2.05, 4.69) is 28.3 Å². The monoisotopic (exact) mass is 214 g/mol. The van der Waals surface area contributed by atoms with E-state index in [-0.39, 0.29) is 0 Å². The molecule has 2 nitrogen and oxygen atoms in total. The largest absolute Gasteiger partial charge is 0.338 e. The van der Waals surface area contributed by atoms with Crippen molar-refractivity contribution in [3.63, 3.8) is 0 Å². The van der Waals surface area contributed by atoms with Crippen LogP contribution in [-0.4, -0.2) is 9.97 Å². The first-order valence-corrected chi connectivity index (χ1v) is 5.71. The maximum atomic E-state index is 4.55. The van der Waals surface area contributed by atoms with E-state index in [0.717, 1.165) is 16.9 Å². The van der Waals surface area contributed by atoms with Gasteiger partial charge in [0.05, 0.1) is 11.0 Å². The molecule has 0 spiro atoms. The molecule has 0 bridgehead atoms. The molecule has 0 aliphatic carbocycles. The number of benzene rings is 1. The number of hydrogen-bond donors (Lipinski definition) is 1. The van der Waals surface area contributed by atoms with E-state index in [1.54, 1.807) is 11.3 Å². The fourth-order valence-electron chi connectivity index (χ4n) is 1.66. The lowest BCUT2D eigenvalue weighted by Crippen LogP contribution is -1.74. The summed E-state index contributed by atoms with van der Waals surface area (Å²) in [4.78, 5) is 9.18. The zero-order valence-electron chi connectivity index (χ0n) is 8.32. The molecule has 0 amide bonds. The lowest BCUT2D eigenvalue weighted by Gasteiger charge is -1.87. The van der Waals surface area contributed by atoms with E-state index >= 15 is 0 Å². The number of nitrogens with zero attached hydrogens (tertiary/aromatic N) is 1. The first-order valence-electron chi connectivity index (χ1n) is 4.83. The van der Waals surface area contributed by atoms with Crippen LogP contribution in [0, 0.1) is 6.92 Å². The van der Waals surface area contributed by atoms with Crippen LogP contribution >= 0.6 is 11.3 Å². The molecule has 15 heavy (non-hydrogen) atoms. The SMILES string of the molecule is Cc1cc(-c2nc3ccccc3[nH]2)cs1. The third-order valence-electron chi connectivity index (χ3n) is 2.39. The van der Waals surface area contributed by atoms with Gasteiger partial charge in [0.15, 0.2) is 0 Å². The van der Waals surface area contributed by atoms with Crippen LogP contribution in [0.2, 0.25) is 0 Å². The highest BCUT2D eigenvalue weighted by atomic mass is 32.1. The van der Waals surface area contributed by atoms with Crippen molar-refractivity contribution in [2.45, 2.75) is 6.92 Å². The molecular weight excluding hydrogens is 204 g/mol. The summed E-state index contributed by atoms with van der Waals surface area (Å²) in [6.07, 6.45) is 0. The normalized spacial score (nSPS) is 11.0. The standard InChI is InChI=1S/C12H10N2S/c1-8-6-9(7-15-8)12-13-10-4-2-3-5-11(10)14-12/h2-7H,1H3,(H,13,14). The second-order valence-corrected chi connectivity index (χ2v) is 4.66. The van der Waals surface area contributed by atoms with Crippen molar-refractivity contribution in [2.75, 3.05) is 0 Å². The van der Waals surface area contributed by atoms with E-state index in [4.69, 9.17) is 0 Å². The zero-order chi connectivity index (χ0) is 10.3. The van der Waals surface area contributed by atoms with Crippen LogP contribution < -0.4 is 0 Å². The molecular formula is C12H10N2S. The highest BCUT2D eigenvalue weighted by molar-refractivity contribution is 7.10. The van der Waals surface area contributed by atoms with Crippen molar-refractivity contribution in [3.8, 4) is 11.4 Å². The predicted octanol–water partition coefficient (Wildman–Crippen LogP) is 3.60. The fourth-order valence-corrected chi connectivity index (χ4v) is 2.34. The Hall–Kier alpha value is -1.61. The Morgan fingerprint density at radius 3 is 2.87 bits per heavy atom. The first-order chi connectivity index (χ1) is 7.33. The Kier molecular flexibility index (Phi) is 1.86. The number of thiophene rings is 1. The Morgan fingerprint density at radius 2 is 2.13 bits per heavy atom. The summed E-state index contributed by atoms with van der Waals surface area (Å²) in [7, 11) is 0. The zero-order valence-corrected chi connectivity index (χ0v) is 9.14. The van der Waals surface area contributed by atoms with Gasteiger partial charge >= 0.3 is 0 Å². The van der Waals surface area contributed by atoms with Crippen molar-refractivity contribution in [1.82, 2.24) is 9.97 Å². The third-order valence-corrected chi connectivity index (χ3v) is 3.25. The van der Waals surface area contributed by atoms with Crippen LogP contribution in [-0.2, 0) is 0 Å². The summed E-state index contributed by atoms with van der Waals surface area (Å²) in [5.74, 6) is 0.959. The average Bonchev–Trinajstić information content (AvgIpc) is 2.82. The Morgan fingerprint density at radius 1 is 1.27 bits per heavy atom. The second-order valence-electron chi connectivity index (χ2n) is 3.55. The Bertz CT molecular complexity index is 574. The second kappa shape index (κ2) is 3.21. The number of rotatable bonds is 1. The number of nitrogens with one attached hydrogen (secondary N) is 1. The number of imidazole rings is 1. The lowest BCUT2D eigenvalue weighted by molar-refractivity contribution is 1.34. The van der Waals surface area contributed by atoms with Gasteiger partial charge in [0.2, 0.25) is 0 Å². The topological polar surface area (TPSA) is 28.7 Å². The van der Waals surface area contributed by atoms with Crippen molar-refractivity contribution in [1.29, 1.82) is 0 Å². The molecule has 0 saturated carbocycles. The van der Waals surface area contributed by atoms with E-state index in [1.807, 2.05) is 24.3 Å². The maximum Gasteiger partial charge on any atom is 0.139 e. The third kappa shape index (κ3) is 1.45. The van der Waals surface area contributed by atoms with Crippen LogP contribution in [0.5, 0.6) is 0 Å². The summed E-state index contributed by atoms with van der Waals surface area (Å²) >= 11 is 1.75. The molecule has 3 heteroatoms. The van der Waals surface area contributed by atoms with Crippen LogP contribution in [0.3, 0.4) is 0 Å². The van der Waals surface area contributed by atoms with Gasteiger partial charge < -0.3 is 4.98 Å². The van der Waals surface area contributed by atoms with Crippen molar-refractivity contribution >= 4 is 22.4 Å².